The lowest BCUT2D eigenvalue weighted by molar-refractivity contribution is 0.353. The predicted octanol–water partition coefficient (Wildman–Crippen LogP) is 2.38. The quantitative estimate of drug-likeness (QED) is 0.901. The predicted molar refractivity (Wildman–Crippen MR) is 67.1 cm³/mol. The van der Waals surface area contributed by atoms with Crippen LogP contribution in [0, 0.1) is 0 Å². The Balaban J connectivity index is 1.88. The van der Waals surface area contributed by atoms with E-state index in [1.165, 1.54) is 0 Å². The van der Waals surface area contributed by atoms with Gasteiger partial charge >= 0.3 is 0 Å². The van der Waals surface area contributed by atoms with E-state index in [0.29, 0.717) is 22.4 Å². The highest BCUT2D eigenvalue weighted by atomic mass is 35.5. The molecule has 3 rings (SSSR count). The van der Waals surface area contributed by atoms with Gasteiger partial charge < -0.3 is 10.3 Å². The van der Waals surface area contributed by atoms with Crippen molar-refractivity contribution < 1.29 is 4.52 Å². The first-order valence-electron chi connectivity index (χ1n) is 5.94. The second-order valence-electron chi connectivity index (χ2n) is 4.56. The SMILES string of the molecule is N[C@H]1CC[C@@H](c2nc(-c3ncccc3Cl)no2)C1. The number of hydrogen-bond donors (Lipinski definition) is 1. The van der Waals surface area contributed by atoms with Crippen molar-refractivity contribution in [2.24, 2.45) is 5.73 Å². The molecule has 0 saturated heterocycles. The third-order valence-corrected chi connectivity index (χ3v) is 3.54. The number of nitrogens with zero attached hydrogens (tertiary/aromatic N) is 3. The molecular weight excluding hydrogens is 252 g/mol. The first kappa shape index (κ1) is 11.6. The van der Waals surface area contributed by atoms with Gasteiger partial charge in [0.25, 0.3) is 0 Å². The molecule has 0 spiro atoms. The van der Waals surface area contributed by atoms with E-state index >= 15 is 0 Å². The molecule has 1 fully saturated rings. The van der Waals surface area contributed by atoms with E-state index in [4.69, 9.17) is 21.9 Å². The lowest BCUT2D eigenvalue weighted by Crippen LogP contribution is -2.14. The maximum Gasteiger partial charge on any atom is 0.230 e. The van der Waals surface area contributed by atoms with Gasteiger partial charge in [0, 0.05) is 18.2 Å². The fourth-order valence-electron chi connectivity index (χ4n) is 2.29. The molecule has 2 atom stereocenters. The van der Waals surface area contributed by atoms with Gasteiger partial charge in [0.1, 0.15) is 5.69 Å². The van der Waals surface area contributed by atoms with Crippen LogP contribution >= 0.6 is 11.6 Å². The van der Waals surface area contributed by atoms with E-state index in [1.807, 2.05) is 0 Å². The molecule has 1 aliphatic carbocycles. The van der Waals surface area contributed by atoms with Crippen molar-refractivity contribution in [3.8, 4) is 11.5 Å². The second kappa shape index (κ2) is 4.66. The molecule has 0 aliphatic heterocycles. The largest absolute Gasteiger partial charge is 0.339 e. The fraction of sp³-hybridized carbons (Fsp3) is 0.417. The molecule has 94 valence electrons. The summed E-state index contributed by atoms with van der Waals surface area (Å²) in [5.41, 5.74) is 6.43. The number of nitrogens with two attached hydrogens (primary N) is 1. The Kier molecular flexibility index (Phi) is 3.01. The van der Waals surface area contributed by atoms with Gasteiger partial charge in [0.15, 0.2) is 0 Å². The molecule has 6 heteroatoms. The molecule has 5 nitrogen and oxygen atoms in total. The van der Waals surface area contributed by atoms with Crippen LogP contribution in [-0.4, -0.2) is 21.2 Å². The Morgan fingerprint density at radius 3 is 3.00 bits per heavy atom. The van der Waals surface area contributed by atoms with Crippen molar-refractivity contribution in [2.75, 3.05) is 0 Å². The maximum atomic E-state index is 6.05. The van der Waals surface area contributed by atoms with Crippen LogP contribution in [0.5, 0.6) is 0 Å². The molecule has 0 unspecified atom stereocenters. The van der Waals surface area contributed by atoms with Crippen LogP contribution in [0.15, 0.2) is 22.9 Å². The minimum absolute atomic E-state index is 0.240. The van der Waals surface area contributed by atoms with E-state index in [0.717, 1.165) is 19.3 Å². The Morgan fingerprint density at radius 1 is 1.39 bits per heavy atom. The summed E-state index contributed by atoms with van der Waals surface area (Å²) in [7, 11) is 0. The highest BCUT2D eigenvalue weighted by molar-refractivity contribution is 6.32. The van der Waals surface area contributed by atoms with Crippen LogP contribution in [0.2, 0.25) is 5.02 Å². The summed E-state index contributed by atoms with van der Waals surface area (Å²) in [5.74, 6) is 1.35. The zero-order valence-electron chi connectivity index (χ0n) is 9.71. The lowest BCUT2D eigenvalue weighted by Gasteiger charge is -2.01. The zero-order valence-corrected chi connectivity index (χ0v) is 10.5. The molecule has 1 saturated carbocycles. The molecule has 0 radical (unpaired) electrons. The Labute approximate surface area is 109 Å². The van der Waals surface area contributed by atoms with Crippen molar-refractivity contribution in [2.45, 2.75) is 31.2 Å². The molecule has 0 amide bonds. The van der Waals surface area contributed by atoms with Crippen molar-refractivity contribution in [3.63, 3.8) is 0 Å². The fourth-order valence-corrected chi connectivity index (χ4v) is 2.49. The van der Waals surface area contributed by atoms with E-state index in [2.05, 4.69) is 15.1 Å². The highest BCUT2D eigenvalue weighted by Crippen LogP contribution is 2.33. The third-order valence-electron chi connectivity index (χ3n) is 3.23. The Bertz CT molecular complexity index is 557. The first-order valence-corrected chi connectivity index (χ1v) is 6.32. The Hall–Kier alpha value is -1.46. The summed E-state index contributed by atoms with van der Waals surface area (Å²) < 4.78 is 5.29. The van der Waals surface area contributed by atoms with E-state index in [9.17, 15) is 0 Å². The third kappa shape index (κ3) is 2.11. The molecule has 2 heterocycles. The number of halogens is 1. The molecule has 1 aliphatic rings. The molecule has 2 N–H and O–H groups in total. The summed E-state index contributed by atoms with van der Waals surface area (Å²) in [6.07, 6.45) is 4.56. The van der Waals surface area contributed by atoms with Crippen LogP contribution in [-0.2, 0) is 0 Å². The van der Waals surface area contributed by atoms with Gasteiger partial charge in [-0.3, -0.25) is 4.98 Å². The van der Waals surface area contributed by atoms with Crippen LogP contribution in [0.1, 0.15) is 31.1 Å². The lowest BCUT2D eigenvalue weighted by atomic mass is 10.1. The number of hydrogen-bond acceptors (Lipinski definition) is 5. The minimum atomic E-state index is 0.240. The maximum absolute atomic E-state index is 6.05. The topological polar surface area (TPSA) is 77.8 Å². The van der Waals surface area contributed by atoms with Crippen LogP contribution < -0.4 is 5.73 Å². The van der Waals surface area contributed by atoms with E-state index in [1.54, 1.807) is 18.3 Å². The summed E-state index contributed by atoms with van der Waals surface area (Å²) in [6, 6.07) is 3.76. The molecule has 2 aromatic heterocycles. The molecule has 18 heavy (non-hydrogen) atoms. The van der Waals surface area contributed by atoms with Gasteiger partial charge in [0.05, 0.1) is 5.02 Å². The highest BCUT2D eigenvalue weighted by Gasteiger charge is 2.28. The van der Waals surface area contributed by atoms with Gasteiger partial charge in [0.2, 0.25) is 11.7 Å². The van der Waals surface area contributed by atoms with E-state index < -0.39 is 0 Å². The molecule has 2 aromatic rings. The zero-order chi connectivity index (χ0) is 12.5. The summed E-state index contributed by atoms with van der Waals surface area (Å²) in [5, 5.41) is 4.46. The van der Waals surface area contributed by atoms with Gasteiger partial charge in [-0.25, -0.2) is 0 Å². The van der Waals surface area contributed by atoms with Gasteiger partial charge in [-0.2, -0.15) is 4.98 Å². The monoisotopic (exact) mass is 264 g/mol. The standard InChI is InChI=1S/C12H13ClN4O/c13-9-2-1-5-15-10(9)11-16-12(18-17-11)7-3-4-8(14)6-7/h1-2,5,7-8H,3-4,6,14H2/t7-,8+/m1/s1. The van der Waals surface area contributed by atoms with Crippen LogP contribution in [0.3, 0.4) is 0 Å². The minimum Gasteiger partial charge on any atom is -0.339 e. The average molecular weight is 265 g/mol. The van der Waals surface area contributed by atoms with Gasteiger partial charge in [-0.15, -0.1) is 0 Å². The van der Waals surface area contributed by atoms with Crippen LogP contribution in [0.4, 0.5) is 0 Å². The number of aromatic nitrogens is 3. The first-order chi connectivity index (χ1) is 8.74. The smallest absolute Gasteiger partial charge is 0.230 e. The summed E-state index contributed by atoms with van der Waals surface area (Å²) >= 11 is 6.05. The molecular formula is C12H13ClN4O. The van der Waals surface area contributed by atoms with Crippen molar-refractivity contribution in [3.05, 3.63) is 29.2 Å². The summed E-state index contributed by atoms with van der Waals surface area (Å²) in [6.45, 7) is 0. The van der Waals surface area contributed by atoms with E-state index in [-0.39, 0.29) is 12.0 Å². The molecule has 0 bridgehead atoms. The van der Waals surface area contributed by atoms with Crippen molar-refractivity contribution in [1.82, 2.24) is 15.1 Å². The molecule has 0 aromatic carbocycles. The van der Waals surface area contributed by atoms with Crippen LogP contribution in [0.25, 0.3) is 11.5 Å². The van der Waals surface area contributed by atoms with Gasteiger partial charge in [-0.05, 0) is 31.4 Å². The second-order valence-corrected chi connectivity index (χ2v) is 4.97. The van der Waals surface area contributed by atoms with Crippen molar-refractivity contribution in [1.29, 1.82) is 0 Å². The van der Waals surface area contributed by atoms with Gasteiger partial charge in [-0.1, -0.05) is 16.8 Å². The summed E-state index contributed by atoms with van der Waals surface area (Å²) in [4.78, 5) is 8.54. The normalized spacial score (nSPS) is 23.4. The average Bonchev–Trinajstić information content (AvgIpc) is 2.98. The number of pyridine rings is 1. The Morgan fingerprint density at radius 2 is 2.28 bits per heavy atom. The number of rotatable bonds is 2. The van der Waals surface area contributed by atoms with Crippen molar-refractivity contribution >= 4 is 11.6 Å².